The highest BCUT2D eigenvalue weighted by Crippen LogP contribution is 2.35. The third kappa shape index (κ3) is 5.25. The van der Waals surface area contributed by atoms with E-state index in [2.05, 4.69) is 23.3 Å². The second-order valence-electron chi connectivity index (χ2n) is 9.85. The van der Waals surface area contributed by atoms with Crippen LogP contribution in [-0.4, -0.2) is 15.9 Å². The van der Waals surface area contributed by atoms with Gasteiger partial charge in [0.15, 0.2) is 11.5 Å². The van der Waals surface area contributed by atoms with Crippen molar-refractivity contribution in [3.8, 4) is 17.3 Å². The molecule has 7 aromatic rings. The summed E-state index contributed by atoms with van der Waals surface area (Å²) in [6.07, 6.45) is 1.49. The van der Waals surface area contributed by atoms with Crippen LogP contribution in [0.15, 0.2) is 117 Å². The van der Waals surface area contributed by atoms with E-state index in [-0.39, 0.29) is 11.4 Å². The van der Waals surface area contributed by atoms with Gasteiger partial charge < -0.3 is 9.15 Å². The van der Waals surface area contributed by atoms with Crippen LogP contribution in [0.25, 0.3) is 44.2 Å². The Labute approximate surface area is 260 Å². The molecule has 0 aliphatic carbocycles. The van der Waals surface area contributed by atoms with Gasteiger partial charge in [-0.15, -0.1) is 0 Å². The standard InChI is InChI=1S/C34H20Cl3N3O3/c35-24-12-13-30-23(16-24)17-31(43-30)33-39-29-11-4-3-10-26(29)34(41)40(33)38-18-20-14-27(36)32(28(37)15-20)42-19-22-8-5-7-21-6-1-2-9-25(21)22/h1-18H,19H2. The normalized spacial score (nSPS) is 11.7. The molecule has 2 aromatic heterocycles. The van der Waals surface area contributed by atoms with Gasteiger partial charge >= 0.3 is 0 Å². The van der Waals surface area contributed by atoms with Crippen molar-refractivity contribution >= 4 is 73.7 Å². The number of fused-ring (bicyclic) bond motifs is 3. The maximum atomic E-state index is 13.6. The molecule has 0 saturated heterocycles. The summed E-state index contributed by atoms with van der Waals surface area (Å²) in [5, 5.41) is 9.10. The molecule has 0 amide bonds. The van der Waals surface area contributed by atoms with Crippen molar-refractivity contribution in [3.63, 3.8) is 0 Å². The zero-order valence-corrected chi connectivity index (χ0v) is 24.6. The molecular weight excluding hydrogens is 605 g/mol. The first-order valence-electron chi connectivity index (χ1n) is 13.3. The average molecular weight is 625 g/mol. The number of hydrogen-bond acceptors (Lipinski definition) is 5. The Hall–Kier alpha value is -4.62. The van der Waals surface area contributed by atoms with Gasteiger partial charge in [0.2, 0.25) is 5.82 Å². The van der Waals surface area contributed by atoms with Gasteiger partial charge in [-0.25, -0.2) is 4.98 Å². The van der Waals surface area contributed by atoms with Gasteiger partial charge in [0.1, 0.15) is 12.2 Å². The predicted octanol–water partition coefficient (Wildman–Crippen LogP) is 9.38. The van der Waals surface area contributed by atoms with E-state index >= 15 is 0 Å². The van der Waals surface area contributed by atoms with E-state index in [0.29, 0.717) is 55.2 Å². The second-order valence-corrected chi connectivity index (χ2v) is 11.1. The summed E-state index contributed by atoms with van der Waals surface area (Å²) in [5.41, 5.74) is 2.35. The van der Waals surface area contributed by atoms with Crippen LogP contribution in [-0.2, 0) is 6.61 Å². The van der Waals surface area contributed by atoms with E-state index in [0.717, 1.165) is 21.7 Å². The minimum atomic E-state index is -0.359. The predicted molar refractivity (Wildman–Crippen MR) is 174 cm³/mol. The van der Waals surface area contributed by atoms with Gasteiger partial charge in [0.25, 0.3) is 5.56 Å². The van der Waals surface area contributed by atoms with E-state index in [1.165, 1.54) is 10.9 Å². The Kier molecular flexibility index (Phi) is 7.11. The van der Waals surface area contributed by atoms with Crippen LogP contribution >= 0.6 is 34.8 Å². The van der Waals surface area contributed by atoms with E-state index in [4.69, 9.17) is 48.9 Å². The fourth-order valence-electron chi connectivity index (χ4n) is 5.00. The van der Waals surface area contributed by atoms with Crippen LogP contribution in [0.3, 0.4) is 0 Å². The topological polar surface area (TPSA) is 69.6 Å². The molecule has 0 saturated carbocycles. The molecule has 2 heterocycles. The van der Waals surface area contributed by atoms with Gasteiger partial charge in [0.05, 0.1) is 27.2 Å². The largest absolute Gasteiger partial charge is 0.486 e. The average Bonchev–Trinajstić information content (AvgIpc) is 3.43. The third-order valence-corrected chi connectivity index (χ3v) is 7.84. The summed E-state index contributed by atoms with van der Waals surface area (Å²) in [6.45, 7) is 0.290. The molecule has 0 fully saturated rings. The van der Waals surface area contributed by atoms with E-state index in [1.807, 2.05) is 30.3 Å². The molecule has 210 valence electrons. The number of nitrogens with zero attached hydrogens (tertiary/aromatic N) is 3. The van der Waals surface area contributed by atoms with Crippen molar-refractivity contribution in [2.45, 2.75) is 6.61 Å². The maximum absolute atomic E-state index is 13.6. The molecular formula is C34H20Cl3N3O3. The lowest BCUT2D eigenvalue weighted by Crippen LogP contribution is -2.20. The summed E-state index contributed by atoms with van der Waals surface area (Å²) < 4.78 is 13.3. The first-order chi connectivity index (χ1) is 20.9. The van der Waals surface area contributed by atoms with Crippen molar-refractivity contribution in [2.75, 3.05) is 0 Å². The van der Waals surface area contributed by atoms with Gasteiger partial charge in [-0.3, -0.25) is 4.79 Å². The summed E-state index contributed by atoms with van der Waals surface area (Å²) in [6, 6.07) is 31.6. The molecule has 0 N–H and O–H groups in total. The maximum Gasteiger partial charge on any atom is 0.282 e. The summed E-state index contributed by atoms with van der Waals surface area (Å²) in [5.74, 6) is 0.963. The van der Waals surface area contributed by atoms with Crippen LogP contribution in [0, 0.1) is 0 Å². The molecule has 43 heavy (non-hydrogen) atoms. The highest BCUT2D eigenvalue weighted by atomic mass is 35.5. The Balaban J connectivity index is 1.24. The molecule has 6 nitrogen and oxygen atoms in total. The SMILES string of the molecule is O=c1c2ccccc2nc(-c2cc3cc(Cl)ccc3o2)n1N=Cc1cc(Cl)c(OCc2cccc3ccccc23)c(Cl)c1. The Morgan fingerprint density at radius 1 is 0.814 bits per heavy atom. The second kappa shape index (κ2) is 11.2. The summed E-state index contributed by atoms with van der Waals surface area (Å²) >= 11 is 19.4. The third-order valence-electron chi connectivity index (χ3n) is 7.05. The number of halogens is 3. The highest BCUT2D eigenvalue weighted by molar-refractivity contribution is 6.37. The molecule has 0 spiro atoms. The van der Waals surface area contributed by atoms with Gasteiger partial charge in [-0.05, 0) is 70.4 Å². The number of hydrogen-bond donors (Lipinski definition) is 0. The lowest BCUT2D eigenvalue weighted by molar-refractivity contribution is 0.308. The number of rotatable bonds is 6. The smallest absolute Gasteiger partial charge is 0.282 e. The van der Waals surface area contributed by atoms with Gasteiger partial charge in [-0.1, -0.05) is 89.4 Å². The molecule has 0 radical (unpaired) electrons. The van der Waals surface area contributed by atoms with Crippen LogP contribution in [0.5, 0.6) is 5.75 Å². The van der Waals surface area contributed by atoms with Crippen molar-refractivity contribution in [2.24, 2.45) is 5.10 Å². The Bertz CT molecular complexity index is 2250. The molecule has 0 aliphatic rings. The lowest BCUT2D eigenvalue weighted by Gasteiger charge is -2.12. The minimum Gasteiger partial charge on any atom is -0.486 e. The number of benzene rings is 5. The number of para-hydroxylation sites is 1. The Morgan fingerprint density at radius 3 is 2.40 bits per heavy atom. The summed E-state index contributed by atoms with van der Waals surface area (Å²) in [4.78, 5) is 18.3. The lowest BCUT2D eigenvalue weighted by atomic mass is 10.1. The van der Waals surface area contributed by atoms with E-state index in [9.17, 15) is 4.79 Å². The fourth-order valence-corrected chi connectivity index (χ4v) is 5.79. The zero-order chi connectivity index (χ0) is 29.5. The van der Waals surface area contributed by atoms with Crippen LogP contribution in [0.2, 0.25) is 15.1 Å². The highest BCUT2D eigenvalue weighted by Gasteiger charge is 2.17. The minimum absolute atomic E-state index is 0.236. The number of aromatic nitrogens is 2. The number of ether oxygens (including phenoxy) is 1. The molecule has 7 rings (SSSR count). The van der Waals surface area contributed by atoms with Crippen molar-refractivity contribution < 1.29 is 9.15 Å². The van der Waals surface area contributed by atoms with Gasteiger partial charge in [-0.2, -0.15) is 9.78 Å². The quantitative estimate of drug-likeness (QED) is 0.173. The van der Waals surface area contributed by atoms with Crippen LogP contribution in [0.1, 0.15) is 11.1 Å². The molecule has 9 heteroatoms. The van der Waals surface area contributed by atoms with E-state index < -0.39 is 0 Å². The van der Waals surface area contributed by atoms with Crippen molar-refractivity contribution in [1.82, 2.24) is 9.66 Å². The molecule has 5 aromatic carbocycles. The molecule has 0 aliphatic heterocycles. The monoisotopic (exact) mass is 623 g/mol. The first-order valence-corrected chi connectivity index (χ1v) is 14.4. The number of furan rings is 1. The zero-order valence-electron chi connectivity index (χ0n) is 22.3. The van der Waals surface area contributed by atoms with Crippen molar-refractivity contribution in [1.29, 1.82) is 0 Å². The van der Waals surface area contributed by atoms with Crippen molar-refractivity contribution in [3.05, 3.63) is 140 Å². The first kappa shape index (κ1) is 27.2. The Morgan fingerprint density at radius 2 is 1.56 bits per heavy atom. The summed E-state index contributed by atoms with van der Waals surface area (Å²) in [7, 11) is 0. The van der Waals surface area contributed by atoms with E-state index in [1.54, 1.807) is 54.6 Å². The van der Waals surface area contributed by atoms with Crippen LogP contribution in [0.4, 0.5) is 0 Å². The molecule has 0 bridgehead atoms. The fraction of sp³-hybridized carbons (Fsp3) is 0.0294. The molecule has 0 unspecified atom stereocenters. The van der Waals surface area contributed by atoms with Gasteiger partial charge in [0, 0.05) is 10.4 Å². The van der Waals surface area contributed by atoms with Crippen LogP contribution < -0.4 is 10.3 Å². The molecule has 0 atom stereocenters.